The molecule has 1 N–H and O–H groups in total. The molecule has 3 aromatic rings. The highest BCUT2D eigenvalue weighted by Crippen LogP contribution is 2.25. The lowest BCUT2D eigenvalue weighted by molar-refractivity contribution is -0.124. The Kier molecular flexibility index (Phi) is 4.94. The maximum Gasteiger partial charge on any atom is 0.344 e. The molecule has 2 heterocycles. The summed E-state index contributed by atoms with van der Waals surface area (Å²) in [6.07, 6.45) is 1.52. The number of hydrogen-bond acceptors (Lipinski definition) is 6. The summed E-state index contributed by atoms with van der Waals surface area (Å²) < 4.78 is 15.3. The van der Waals surface area contributed by atoms with E-state index in [1.54, 1.807) is 19.1 Å². The summed E-state index contributed by atoms with van der Waals surface area (Å²) in [4.78, 5) is 24.1. The SMILES string of the molecule is Cc1onc(-c2ccccc2)c1C(=O)OCC(=O)NCc1ccco1. The molecule has 0 aliphatic heterocycles. The molecule has 0 saturated heterocycles. The Morgan fingerprint density at radius 3 is 2.68 bits per heavy atom. The van der Waals surface area contributed by atoms with Gasteiger partial charge in [0.05, 0.1) is 12.8 Å². The van der Waals surface area contributed by atoms with E-state index >= 15 is 0 Å². The molecule has 1 amide bonds. The minimum absolute atomic E-state index is 0.213. The van der Waals surface area contributed by atoms with Crippen LogP contribution in [-0.4, -0.2) is 23.6 Å². The first-order valence-electron chi connectivity index (χ1n) is 7.63. The Balaban J connectivity index is 1.62. The number of nitrogens with zero attached hydrogens (tertiary/aromatic N) is 1. The van der Waals surface area contributed by atoms with Crippen molar-refractivity contribution >= 4 is 11.9 Å². The van der Waals surface area contributed by atoms with E-state index in [0.29, 0.717) is 17.2 Å². The van der Waals surface area contributed by atoms with Gasteiger partial charge in [-0.15, -0.1) is 0 Å². The normalized spacial score (nSPS) is 10.4. The summed E-state index contributed by atoms with van der Waals surface area (Å²) in [5.41, 5.74) is 1.33. The maximum absolute atomic E-state index is 12.3. The second-order valence-corrected chi connectivity index (χ2v) is 5.26. The molecule has 0 aliphatic rings. The van der Waals surface area contributed by atoms with Crippen molar-refractivity contribution < 1.29 is 23.3 Å². The van der Waals surface area contributed by atoms with E-state index in [9.17, 15) is 9.59 Å². The van der Waals surface area contributed by atoms with Crippen LogP contribution in [0.4, 0.5) is 0 Å². The largest absolute Gasteiger partial charge is 0.467 e. The molecular weight excluding hydrogens is 324 g/mol. The Bertz CT molecular complexity index is 853. The molecular formula is C18H16N2O5. The van der Waals surface area contributed by atoms with Gasteiger partial charge in [-0.2, -0.15) is 0 Å². The fourth-order valence-corrected chi connectivity index (χ4v) is 2.26. The van der Waals surface area contributed by atoms with E-state index in [0.717, 1.165) is 5.56 Å². The number of rotatable bonds is 6. The van der Waals surface area contributed by atoms with Gasteiger partial charge in [0.25, 0.3) is 5.91 Å². The number of hydrogen-bond donors (Lipinski definition) is 1. The Morgan fingerprint density at radius 1 is 1.16 bits per heavy atom. The summed E-state index contributed by atoms with van der Waals surface area (Å²) in [7, 11) is 0. The Labute approximate surface area is 143 Å². The Hall–Kier alpha value is -3.35. The lowest BCUT2D eigenvalue weighted by atomic mass is 10.1. The van der Waals surface area contributed by atoms with Crippen molar-refractivity contribution in [3.8, 4) is 11.3 Å². The number of ether oxygens (including phenoxy) is 1. The van der Waals surface area contributed by atoms with Crippen LogP contribution in [0, 0.1) is 6.92 Å². The summed E-state index contributed by atoms with van der Waals surface area (Å²) in [5, 5.41) is 6.51. The molecule has 0 saturated carbocycles. The third-order valence-electron chi connectivity index (χ3n) is 3.49. The van der Waals surface area contributed by atoms with E-state index in [4.69, 9.17) is 13.7 Å². The molecule has 0 unspecified atom stereocenters. The highest BCUT2D eigenvalue weighted by atomic mass is 16.5. The third kappa shape index (κ3) is 3.95. The number of aryl methyl sites for hydroxylation is 1. The number of amides is 1. The van der Waals surface area contributed by atoms with Crippen LogP contribution in [-0.2, 0) is 16.1 Å². The molecule has 0 atom stereocenters. The topological polar surface area (TPSA) is 94.6 Å². The Morgan fingerprint density at radius 2 is 1.96 bits per heavy atom. The first-order chi connectivity index (χ1) is 12.1. The van der Waals surface area contributed by atoms with Crippen LogP contribution < -0.4 is 5.32 Å². The van der Waals surface area contributed by atoms with Gasteiger partial charge in [-0.1, -0.05) is 35.5 Å². The molecule has 0 radical (unpaired) electrons. The van der Waals surface area contributed by atoms with Gasteiger partial charge in [-0.25, -0.2) is 4.79 Å². The monoisotopic (exact) mass is 340 g/mol. The van der Waals surface area contributed by atoms with E-state index in [2.05, 4.69) is 10.5 Å². The summed E-state index contributed by atoms with van der Waals surface area (Å²) in [5.74, 6) is -0.147. The van der Waals surface area contributed by atoms with Crippen molar-refractivity contribution in [2.45, 2.75) is 13.5 Å². The molecule has 0 aliphatic carbocycles. The number of furan rings is 1. The lowest BCUT2D eigenvalue weighted by Gasteiger charge is -2.06. The molecule has 25 heavy (non-hydrogen) atoms. The zero-order chi connectivity index (χ0) is 17.6. The molecule has 0 bridgehead atoms. The summed E-state index contributed by atoms with van der Waals surface area (Å²) >= 11 is 0. The highest BCUT2D eigenvalue weighted by molar-refractivity contribution is 5.98. The minimum atomic E-state index is -0.661. The zero-order valence-electron chi connectivity index (χ0n) is 13.5. The smallest absolute Gasteiger partial charge is 0.344 e. The number of aromatic nitrogens is 1. The standard InChI is InChI=1S/C18H16N2O5/c1-12-16(17(20-25-12)13-6-3-2-4-7-13)18(22)24-11-15(21)19-10-14-8-5-9-23-14/h2-9H,10-11H2,1H3,(H,19,21). The molecule has 128 valence electrons. The quantitative estimate of drug-likeness (QED) is 0.693. The van der Waals surface area contributed by atoms with Crippen molar-refractivity contribution in [2.75, 3.05) is 6.61 Å². The highest BCUT2D eigenvalue weighted by Gasteiger charge is 2.23. The van der Waals surface area contributed by atoms with E-state index in [-0.39, 0.29) is 12.1 Å². The van der Waals surface area contributed by atoms with Crippen molar-refractivity contribution in [3.05, 3.63) is 65.8 Å². The molecule has 3 rings (SSSR count). The van der Waals surface area contributed by atoms with E-state index in [1.165, 1.54) is 6.26 Å². The number of nitrogens with one attached hydrogen (secondary N) is 1. The van der Waals surface area contributed by atoms with Gasteiger partial charge in [-0.05, 0) is 19.1 Å². The van der Waals surface area contributed by atoms with E-state index in [1.807, 2.05) is 30.3 Å². The summed E-state index contributed by atoms with van der Waals surface area (Å²) in [6.45, 7) is 1.44. The van der Waals surface area contributed by atoms with Crippen molar-refractivity contribution in [3.63, 3.8) is 0 Å². The predicted octanol–water partition coefficient (Wildman–Crippen LogP) is 2.72. The van der Waals surface area contributed by atoms with Gasteiger partial charge in [-0.3, -0.25) is 4.79 Å². The lowest BCUT2D eigenvalue weighted by Crippen LogP contribution is -2.28. The van der Waals surface area contributed by atoms with Crippen LogP contribution in [0.15, 0.2) is 57.7 Å². The van der Waals surface area contributed by atoms with Gasteiger partial charge < -0.3 is 19.0 Å². The van der Waals surface area contributed by atoms with Crippen LogP contribution in [0.5, 0.6) is 0 Å². The molecule has 0 spiro atoms. The number of esters is 1. The maximum atomic E-state index is 12.3. The molecule has 7 nitrogen and oxygen atoms in total. The van der Waals surface area contributed by atoms with Crippen LogP contribution in [0.2, 0.25) is 0 Å². The second-order valence-electron chi connectivity index (χ2n) is 5.26. The zero-order valence-corrected chi connectivity index (χ0v) is 13.5. The van der Waals surface area contributed by atoms with E-state index < -0.39 is 18.5 Å². The van der Waals surface area contributed by atoms with Gasteiger partial charge in [0.15, 0.2) is 6.61 Å². The summed E-state index contributed by atoms with van der Waals surface area (Å²) in [6, 6.07) is 12.6. The van der Waals surface area contributed by atoms with Crippen LogP contribution in [0.25, 0.3) is 11.3 Å². The van der Waals surface area contributed by atoms with Gasteiger partial charge in [0, 0.05) is 5.56 Å². The number of carbonyl (C=O) groups is 2. The molecule has 7 heteroatoms. The predicted molar refractivity (Wildman–Crippen MR) is 87.5 cm³/mol. The fourth-order valence-electron chi connectivity index (χ4n) is 2.26. The van der Waals surface area contributed by atoms with Gasteiger partial charge in [0.2, 0.25) is 0 Å². The number of carbonyl (C=O) groups excluding carboxylic acids is 2. The average Bonchev–Trinajstić information content (AvgIpc) is 3.28. The fraction of sp³-hybridized carbons (Fsp3) is 0.167. The van der Waals surface area contributed by atoms with Crippen molar-refractivity contribution in [1.29, 1.82) is 0 Å². The number of benzene rings is 1. The second kappa shape index (κ2) is 7.48. The van der Waals surface area contributed by atoms with Crippen LogP contribution in [0.3, 0.4) is 0 Å². The van der Waals surface area contributed by atoms with Crippen molar-refractivity contribution in [1.82, 2.24) is 10.5 Å². The molecule has 2 aromatic heterocycles. The first-order valence-corrected chi connectivity index (χ1v) is 7.63. The first kappa shape index (κ1) is 16.5. The van der Waals surface area contributed by atoms with Gasteiger partial charge in [0.1, 0.15) is 22.8 Å². The van der Waals surface area contributed by atoms with Gasteiger partial charge >= 0.3 is 5.97 Å². The van der Waals surface area contributed by atoms with Crippen molar-refractivity contribution in [2.24, 2.45) is 0 Å². The third-order valence-corrected chi connectivity index (χ3v) is 3.49. The van der Waals surface area contributed by atoms with Crippen LogP contribution >= 0.6 is 0 Å². The average molecular weight is 340 g/mol. The molecule has 1 aromatic carbocycles. The van der Waals surface area contributed by atoms with Crippen LogP contribution in [0.1, 0.15) is 21.9 Å². The molecule has 0 fully saturated rings. The minimum Gasteiger partial charge on any atom is -0.467 e.